The predicted octanol–water partition coefficient (Wildman–Crippen LogP) is -0.781. The number of carbonyl (C=O) groups excluding carboxylic acids is 4. The molecule has 11 heteroatoms. The lowest BCUT2D eigenvalue weighted by molar-refractivity contribution is -0.307. The molecule has 4 amide bonds. The zero-order valence-electron chi connectivity index (χ0n) is 17.8. The quantitative estimate of drug-likeness (QED) is 0.234. The zero-order valence-corrected chi connectivity index (χ0v) is 18.6. The summed E-state index contributed by atoms with van der Waals surface area (Å²) in [6.07, 6.45) is 6.12. The molecule has 0 spiro atoms. The van der Waals surface area contributed by atoms with Crippen molar-refractivity contribution in [3.05, 3.63) is 0 Å². The molecule has 3 fully saturated rings. The van der Waals surface area contributed by atoms with Crippen LogP contribution < -0.4 is 31.5 Å². The van der Waals surface area contributed by atoms with Crippen molar-refractivity contribution in [1.82, 2.24) is 21.3 Å². The van der Waals surface area contributed by atoms with Crippen LogP contribution in [0.5, 0.6) is 0 Å². The Morgan fingerprint density at radius 2 is 1.48 bits per heavy atom. The third-order valence-corrected chi connectivity index (χ3v) is 7.24. The van der Waals surface area contributed by atoms with Gasteiger partial charge in [-0.15, -0.1) is 0 Å². The summed E-state index contributed by atoms with van der Waals surface area (Å²) in [7, 11) is 0. The first-order valence-electron chi connectivity index (χ1n) is 10.9. The lowest BCUT2D eigenvalue weighted by Crippen LogP contribution is -2.36. The summed E-state index contributed by atoms with van der Waals surface area (Å²) in [4.78, 5) is 42.4. The molecule has 3 rings (SSSR count). The Hall–Kier alpha value is -2.17. The fourth-order valence-corrected chi connectivity index (χ4v) is 5.58. The second-order valence-electron chi connectivity index (χ2n) is 8.22. The van der Waals surface area contributed by atoms with Crippen molar-refractivity contribution >= 4 is 35.8 Å². The van der Waals surface area contributed by atoms with Gasteiger partial charge in [0, 0.05) is 29.0 Å². The minimum absolute atomic E-state index is 0.0740. The van der Waals surface area contributed by atoms with Gasteiger partial charge >= 0.3 is 12.1 Å². The number of rotatable bonds is 11. The van der Waals surface area contributed by atoms with Gasteiger partial charge in [0.25, 0.3) is 0 Å². The van der Waals surface area contributed by atoms with Gasteiger partial charge in [-0.05, 0) is 45.4 Å². The summed E-state index contributed by atoms with van der Waals surface area (Å²) >= 11 is 1.85. The van der Waals surface area contributed by atoms with Gasteiger partial charge < -0.3 is 41.1 Å². The maximum atomic E-state index is 11.1. The standard InChI is InChI=1S/C10H16N2O3S.C10H18N2O3/c13-8(14)4-2-1-3-7-9-6(5-16-7)11-10(15)12-9;1-7-8(12-10(15)11-7)5-3-2-4-6-9(13)14/h6-7,9H,1-5H2,(H,13,14)(H2,11,12,15);7-8H,2-6H2,1H3,(H,13,14)(H2,11,12,15)/p-2. The summed E-state index contributed by atoms with van der Waals surface area (Å²) < 4.78 is 0. The van der Waals surface area contributed by atoms with E-state index < -0.39 is 11.9 Å². The summed E-state index contributed by atoms with van der Waals surface area (Å²) in [5, 5.41) is 32.2. The number of carboxylic acid groups (broad SMARTS) is 2. The molecule has 5 atom stereocenters. The number of unbranched alkanes of at least 4 members (excludes halogenated alkanes) is 3. The predicted molar refractivity (Wildman–Crippen MR) is 112 cm³/mol. The Kier molecular flexibility index (Phi) is 10.2. The first kappa shape index (κ1) is 25.1. The number of amides is 4. The van der Waals surface area contributed by atoms with Crippen molar-refractivity contribution in [1.29, 1.82) is 0 Å². The Bertz CT molecular complexity index is 649. The van der Waals surface area contributed by atoms with Crippen LogP contribution in [-0.2, 0) is 9.59 Å². The topological polar surface area (TPSA) is 163 Å². The van der Waals surface area contributed by atoms with Crippen LogP contribution in [0.4, 0.5) is 9.59 Å². The molecule has 0 saturated carbocycles. The van der Waals surface area contributed by atoms with E-state index in [2.05, 4.69) is 21.3 Å². The van der Waals surface area contributed by atoms with Gasteiger partial charge in [0.15, 0.2) is 0 Å². The number of thioether (sulfide) groups is 1. The van der Waals surface area contributed by atoms with E-state index in [1.165, 1.54) is 0 Å². The van der Waals surface area contributed by atoms with Crippen LogP contribution in [0.2, 0.25) is 0 Å². The van der Waals surface area contributed by atoms with E-state index in [1.54, 1.807) is 0 Å². The van der Waals surface area contributed by atoms with E-state index in [9.17, 15) is 29.4 Å². The Morgan fingerprint density at radius 1 is 0.871 bits per heavy atom. The van der Waals surface area contributed by atoms with Gasteiger partial charge in [0.2, 0.25) is 0 Å². The summed E-state index contributed by atoms with van der Waals surface area (Å²) in [5.41, 5.74) is 0. The fraction of sp³-hybridized carbons (Fsp3) is 0.800. The first-order valence-corrected chi connectivity index (χ1v) is 12.0. The van der Waals surface area contributed by atoms with Gasteiger partial charge in [0.05, 0.1) is 18.1 Å². The van der Waals surface area contributed by atoms with Crippen LogP contribution in [0.1, 0.15) is 64.7 Å². The fourth-order valence-electron chi connectivity index (χ4n) is 4.03. The van der Waals surface area contributed by atoms with Gasteiger partial charge in [0.1, 0.15) is 0 Å². The maximum absolute atomic E-state index is 11.1. The van der Waals surface area contributed by atoms with Crippen molar-refractivity contribution in [2.45, 2.75) is 94.1 Å². The molecule has 3 aliphatic rings. The summed E-state index contributed by atoms with van der Waals surface area (Å²) in [6, 6.07) is 0.639. The monoisotopic (exact) mass is 456 g/mol. The van der Waals surface area contributed by atoms with Gasteiger partial charge in [-0.1, -0.05) is 19.3 Å². The van der Waals surface area contributed by atoms with E-state index in [4.69, 9.17) is 0 Å². The summed E-state index contributed by atoms with van der Waals surface area (Å²) in [6.45, 7) is 1.96. The minimum Gasteiger partial charge on any atom is -0.550 e. The highest BCUT2D eigenvalue weighted by atomic mass is 32.2. The average Bonchev–Trinajstić information content (AvgIpc) is 3.33. The number of hydrogen-bond acceptors (Lipinski definition) is 7. The number of carbonyl (C=O) groups is 4. The molecular formula is C20H32N4O6S-2. The van der Waals surface area contributed by atoms with E-state index >= 15 is 0 Å². The smallest absolute Gasteiger partial charge is 0.315 e. The lowest BCUT2D eigenvalue weighted by atomic mass is 10.0. The van der Waals surface area contributed by atoms with Crippen LogP contribution in [0.15, 0.2) is 0 Å². The second-order valence-corrected chi connectivity index (χ2v) is 9.50. The second kappa shape index (κ2) is 12.6. The molecule has 0 bridgehead atoms. The Morgan fingerprint density at radius 3 is 2.10 bits per heavy atom. The summed E-state index contributed by atoms with van der Waals surface area (Å²) in [5.74, 6) is -1.01. The number of aliphatic carboxylic acids is 2. The van der Waals surface area contributed by atoms with Crippen LogP contribution in [0.25, 0.3) is 0 Å². The highest BCUT2D eigenvalue weighted by molar-refractivity contribution is 8.00. The average molecular weight is 457 g/mol. The van der Waals surface area contributed by atoms with Crippen LogP contribution in [-0.4, -0.2) is 59.2 Å². The molecule has 31 heavy (non-hydrogen) atoms. The SMILES string of the molecule is CC1NC(=O)NC1CCCCCC(=O)[O-].O=C([O-])CCCCC1SCC2NC(=O)NC21. The molecule has 10 nitrogen and oxygen atoms in total. The van der Waals surface area contributed by atoms with E-state index in [1.807, 2.05) is 18.7 Å². The third kappa shape index (κ3) is 8.84. The van der Waals surface area contributed by atoms with Crippen LogP contribution in [0.3, 0.4) is 0 Å². The van der Waals surface area contributed by atoms with Crippen molar-refractivity contribution < 1.29 is 29.4 Å². The number of nitrogens with one attached hydrogen (secondary N) is 4. The minimum atomic E-state index is -0.987. The van der Waals surface area contributed by atoms with Crippen molar-refractivity contribution in [2.75, 3.05) is 5.75 Å². The van der Waals surface area contributed by atoms with Gasteiger partial charge in [-0.3, -0.25) is 0 Å². The van der Waals surface area contributed by atoms with Gasteiger partial charge in [-0.2, -0.15) is 11.8 Å². The molecule has 176 valence electrons. The molecule has 3 heterocycles. The number of fused-ring (bicyclic) bond motifs is 1. The molecule has 5 unspecified atom stereocenters. The molecular weight excluding hydrogens is 424 g/mol. The molecule has 3 aliphatic heterocycles. The molecule has 0 aromatic carbocycles. The van der Waals surface area contributed by atoms with E-state index in [0.29, 0.717) is 18.1 Å². The van der Waals surface area contributed by atoms with Gasteiger partial charge in [-0.25, -0.2) is 9.59 Å². The largest absolute Gasteiger partial charge is 0.550 e. The molecule has 0 aliphatic carbocycles. The Labute approximate surface area is 186 Å². The van der Waals surface area contributed by atoms with E-state index in [-0.39, 0.29) is 49.1 Å². The third-order valence-electron chi connectivity index (χ3n) is 5.73. The number of carboxylic acids is 2. The normalized spacial score (nSPS) is 28.5. The van der Waals surface area contributed by atoms with Crippen molar-refractivity contribution in [2.24, 2.45) is 0 Å². The molecule has 3 saturated heterocycles. The highest BCUT2D eigenvalue weighted by Crippen LogP contribution is 2.33. The first-order chi connectivity index (χ1) is 14.8. The van der Waals surface area contributed by atoms with E-state index in [0.717, 1.165) is 37.9 Å². The van der Waals surface area contributed by atoms with Crippen LogP contribution >= 0.6 is 11.8 Å². The Balaban J connectivity index is 0.000000221. The molecule has 0 aromatic heterocycles. The van der Waals surface area contributed by atoms with Crippen molar-refractivity contribution in [3.8, 4) is 0 Å². The molecule has 4 N–H and O–H groups in total. The highest BCUT2D eigenvalue weighted by Gasteiger charge is 2.42. The molecule has 0 aromatic rings. The van der Waals surface area contributed by atoms with Crippen LogP contribution in [0, 0.1) is 0 Å². The molecule has 0 radical (unpaired) electrons. The zero-order chi connectivity index (χ0) is 22.8. The van der Waals surface area contributed by atoms with Crippen molar-refractivity contribution in [3.63, 3.8) is 0 Å². The lowest BCUT2D eigenvalue weighted by Gasteiger charge is -2.16. The maximum Gasteiger partial charge on any atom is 0.315 e. The number of hydrogen-bond donors (Lipinski definition) is 4. The number of urea groups is 2.